The summed E-state index contributed by atoms with van der Waals surface area (Å²) >= 11 is 11.9. The zero-order chi connectivity index (χ0) is 14.3. The Morgan fingerprint density at radius 3 is 2.65 bits per heavy atom. The van der Waals surface area contributed by atoms with Gasteiger partial charge in [-0.15, -0.1) is 0 Å². The Hall–Kier alpha value is -2.04. The molecule has 0 saturated heterocycles. The standard InChI is InChI=1S/C14H7Cl2NO3/c15-8-2-3-9(10(16)6-8)13-17-11-5-7(14(18)19)1-4-12(11)20-13/h1-6H,(H,18,19). The molecule has 1 heterocycles. The van der Waals surface area contributed by atoms with Crippen molar-refractivity contribution in [3.8, 4) is 11.5 Å². The summed E-state index contributed by atoms with van der Waals surface area (Å²) in [6.45, 7) is 0. The second-order valence-corrected chi connectivity index (χ2v) is 4.97. The van der Waals surface area contributed by atoms with E-state index in [9.17, 15) is 4.79 Å². The lowest BCUT2D eigenvalue weighted by Gasteiger charge is -1.98. The van der Waals surface area contributed by atoms with E-state index in [4.69, 9.17) is 32.7 Å². The SMILES string of the molecule is O=C(O)c1ccc2oc(-c3ccc(Cl)cc3Cl)nc2c1. The lowest BCUT2D eigenvalue weighted by atomic mass is 10.2. The van der Waals surface area contributed by atoms with E-state index < -0.39 is 5.97 Å². The maximum atomic E-state index is 10.9. The molecule has 0 aliphatic heterocycles. The van der Waals surface area contributed by atoms with E-state index >= 15 is 0 Å². The molecule has 0 bridgehead atoms. The zero-order valence-corrected chi connectivity index (χ0v) is 11.4. The first-order valence-electron chi connectivity index (χ1n) is 5.64. The Morgan fingerprint density at radius 1 is 1.15 bits per heavy atom. The zero-order valence-electron chi connectivity index (χ0n) is 9.93. The fourth-order valence-corrected chi connectivity index (χ4v) is 2.33. The van der Waals surface area contributed by atoms with E-state index in [1.165, 1.54) is 12.1 Å². The molecule has 0 aliphatic rings. The van der Waals surface area contributed by atoms with Gasteiger partial charge in [0.05, 0.1) is 16.1 Å². The molecular formula is C14H7Cl2NO3. The summed E-state index contributed by atoms with van der Waals surface area (Å²) in [6.07, 6.45) is 0. The first-order valence-corrected chi connectivity index (χ1v) is 6.39. The quantitative estimate of drug-likeness (QED) is 0.757. The monoisotopic (exact) mass is 307 g/mol. The molecule has 3 aromatic rings. The van der Waals surface area contributed by atoms with Crippen molar-refractivity contribution >= 4 is 40.3 Å². The number of aromatic carboxylic acids is 1. The molecule has 0 radical (unpaired) electrons. The Morgan fingerprint density at radius 2 is 1.95 bits per heavy atom. The van der Waals surface area contributed by atoms with Crippen LogP contribution < -0.4 is 0 Å². The van der Waals surface area contributed by atoms with Gasteiger partial charge in [-0.2, -0.15) is 0 Å². The molecular weight excluding hydrogens is 301 g/mol. The Labute approximate surface area is 123 Å². The van der Waals surface area contributed by atoms with Crippen LogP contribution >= 0.6 is 23.2 Å². The largest absolute Gasteiger partial charge is 0.478 e. The summed E-state index contributed by atoms with van der Waals surface area (Å²) in [6, 6.07) is 9.46. The van der Waals surface area contributed by atoms with Crippen LogP contribution in [0.2, 0.25) is 10.0 Å². The van der Waals surface area contributed by atoms with Crippen LogP contribution in [0.5, 0.6) is 0 Å². The van der Waals surface area contributed by atoms with Gasteiger partial charge in [0.2, 0.25) is 5.89 Å². The van der Waals surface area contributed by atoms with Crippen LogP contribution in [-0.2, 0) is 0 Å². The summed E-state index contributed by atoms with van der Waals surface area (Å²) in [5.41, 5.74) is 1.71. The summed E-state index contributed by atoms with van der Waals surface area (Å²) in [5.74, 6) is -0.690. The van der Waals surface area contributed by atoms with Crippen molar-refractivity contribution in [2.75, 3.05) is 0 Å². The molecule has 0 atom stereocenters. The number of aromatic nitrogens is 1. The minimum atomic E-state index is -1.01. The van der Waals surface area contributed by atoms with E-state index in [0.29, 0.717) is 32.6 Å². The Bertz CT molecular complexity index is 826. The summed E-state index contributed by atoms with van der Waals surface area (Å²) in [5, 5.41) is 9.88. The van der Waals surface area contributed by atoms with Crippen LogP contribution in [0.15, 0.2) is 40.8 Å². The van der Waals surface area contributed by atoms with Gasteiger partial charge in [0.25, 0.3) is 0 Å². The van der Waals surface area contributed by atoms with Gasteiger partial charge in [0.1, 0.15) is 5.52 Å². The van der Waals surface area contributed by atoms with Crippen molar-refractivity contribution in [1.82, 2.24) is 4.98 Å². The Kier molecular flexibility index (Phi) is 3.12. The average Bonchev–Trinajstić information content (AvgIpc) is 2.80. The predicted octanol–water partition coefficient (Wildman–Crippen LogP) is 4.50. The molecule has 1 N–H and O–H groups in total. The highest BCUT2D eigenvalue weighted by molar-refractivity contribution is 6.36. The predicted molar refractivity (Wildman–Crippen MR) is 76.4 cm³/mol. The molecule has 1 aromatic heterocycles. The summed E-state index contributed by atoms with van der Waals surface area (Å²) < 4.78 is 5.58. The van der Waals surface area contributed by atoms with E-state index in [-0.39, 0.29) is 5.56 Å². The molecule has 3 rings (SSSR count). The second-order valence-electron chi connectivity index (χ2n) is 4.13. The number of oxazole rings is 1. The molecule has 0 fully saturated rings. The number of hydrogen-bond acceptors (Lipinski definition) is 3. The van der Waals surface area contributed by atoms with Gasteiger partial charge in [-0.25, -0.2) is 9.78 Å². The van der Waals surface area contributed by atoms with Crippen molar-refractivity contribution in [2.24, 2.45) is 0 Å². The molecule has 0 spiro atoms. The van der Waals surface area contributed by atoms with Crippen molar-refractivity contribution in [2.45, 2.75) is 0 Å². The molecule has 100 valence electrons. The Balaban J connectivity index is 2.15. The third-order valence-corrected chi connectivity index (χ3v) is 3.34. The van der Waals surface area contributed by atoms with Crippen molar-refractivity contribution in [1.29, 1.82) is 0 Å². The average molecular weight is 308 g/mol. The molecule has 0 saturated carbocycles. The maximum absolute atomic E-state index is 10.9. The van der Waals surface area contributed by atoms with Crippen LogP contribution in [-0.4, -0.2) is 16.1 Å². The lowest BCUT2D eigenvalue weighted by Crippen LogP contribution is -1.94. The van der Waals surface area contributed by atoms with E-state index in [2.05, 4.69) is 4.98 Å². The number of hydrogen-bond donors (Lipinski definition) is 1. The third-order valence-electron chi connectivity index (χ3n) is 2.80. The van der Waals surface area contributed by atoms with Crippen LogP contribution in [0.3, 0.4) is 0 Å². The smallest absolute Gasteiger partial charge is 0.335 e. The van der Waals surface area contributed by atoms with E-state index in [1.807, 2.05) is 0 Å². The van der Waals surface area contributed by atoms with Crippen molar-refractivity contribution in [3.05, 3.63) is 52.0 Å². The first kappa shape index (κ1) is 13.0. The molecule has 4 nitrogen and oxygen atoms in total. The summed E-state index contributed by atoms with van der Waals surface area (Å²) in [7, 11) is 0. The minimum absolute atomic E-state index is 0.152. The number of rotatable bonds is 2. The van der Waals surface area contributed by atoms with E-state index in [1.54, 1.807) is 24.3 Å². The third kappa shape index (κ3) is 2.24. The van der Waals surface area contributed by atoms with Crippen LogP contribution in [0.4, 0.5) is 0 Å². The number of nitrogens with zero attached hydrogens (tertiary/aromatic N) is 1. The number of halogens is 2. The van der Waals surface area contributed by atoms with Gasteiger partial charge in [-0.05, 0) is 36.4 Å². The number of benzene rings is 2. The molecule has 0 unspecified atom stereocenters. The van der Waals surface area contributed by atoms with E-state index in [0.717, 1.165) is 0 Å². The highest BCUT2D eigenvalue weighted by Crippen LogP contribution is 2.32. The van der Waals surface area contributed by atoms with Gasteiger partial charge in [-0.1, -0.05) is 23.2 Å². The van der Waals surface area contributed by atoms with Gasteiger partial charge < -0.3 is 9.52 Å². The van der Waals surface area contributed by atoms with Gasteiger partial charge in [0.15, 0.2) is 5.58 Å². The number of carboxylic acid groups (broad SMARTS) is 1. The van der Waals surface area contributed by atoms with Gasteiger partial charge in [-0.3, -0.25) is 0 Å². The number of fused-ring (bicyclic) bond motifs is 1. The molecule has 6 heteroatoms. The first-order chi connectivity index (χ1) is 9.54. The van der Waals surface area contributed by atoms with Crippen molar-refractivity contribution in [3.63, 3.8) is 0 Å². The van der Waals surface area contributed by atoms with Gasteiger partial charge >= 0.3 is 5.97 Å². The maximum Gasteiger partial charge on any atom is 0.335 e. The van der Waals surface area contributed by atoms with Crippen LogP contribution in [0, 0.1) is 0 Å². The summed E-state index contributed by atoms with van der Waals surface area (Å²) in [4.78, 5) is 15.2. The highest BCUT2D eigenvalue weighted by atomic mass is 35.5. The topological polar surface area (TPSA) is 63.3 Å². The molecule has 20 heavy (non-hydrogen) atoms. The van der Waals surface area contributed by atoms with Crippen LogP contribution in [0.25, 0.3) is 22.6 Å². The number of carbonyl (C=O) groups is 1. The lowest BCUT2D eigenvalue weighted by molar-refractivity contribution is 0.0697. The minimum Gasteiger partial charge on any atom is -0.478 e. The fourth-order valence-electron chi connectivity index (χ4n) is 1.84. The normalized spacial score (nSPS) is 10.9. The molecule has 2 aromatic carbocycles. The number of carboxylic acids is 1. The van der Waals surface area contributed by atoms with Crippen molar-refractivity contribution < 1.29 is 14.3 Å². The molecule has 0 aliphatic carbocycles. The molecule has 0 amide bonds. The fraction of sp³-hybridized carbons (Fsp3) is 0. The van der Waals surface area contributed by atoms with Gasteiger partial charge in [0, 0.05) is 5.02 Å². The van der Waals surface area contributed by atoms with Crippen LogP contribution in [0.1, 0.15) is 10.4 Å². The highest BCUT2D eigenvalue weighted by Gasteiger charge is 2.13. The second kappa shape index (κ2) is 4.81.